The van der Waals surface area contributed by atoms with E-state index in [0.717, 1.165) is 24.9 Å². The molecule has 2 rings (SSSR count). The molecule has 0 aliphatic rings. The first-order valence-electron chi connectivity index (χ1n) is 23.1. The molecule has 0 bridgehead atoms. The van der Waals surface area contributed by atoms with Crippen molar-refractivity contribution in [2.45, 2.75) is 156 Å². The molecule has 0 saturated carbocycles. The van der Waals surface area contributed by atoms with Gasteiger partial charge in [0.2, 0.25) is 0 Å². The van der Waals surface area contributed by atoms with Gasteiger partial charge in [0.05, 0.1) is 17.7 Å². The lowest BCUT2D eigenvalue weighted by molar-refractivity contribution is 0.0444. The van der Waals surface area contributed by atoms with Gasteiger partial charge < -0.3 is 49.1 Å². The van der Waals surface area contributed by atoms with Crippen LogP contribution in [0.15, 0.2) is 60.7 Å². The minimum atomic E-state index is -2.38. The van der Waals surface area contributed by atoms with E-state index in [-0.39, 0.29) is 12.6 Å². The molecule has 2 N–H and O–H groups in total. The van der Waals surface area contributed by atoms with Crippen LogP contribution in [0.25, 0.3) is 0 Å². The van der Waals surface area contributed by atoms with Crippen LogP contribution in [0.2, 0.25) is 130 Å². The van der Waals surface area contributed by atoms with Gasteiger partial charge in [-0.3, -0.25) is 0 Å². The predicted molar refractivity (Wildman–Crippen MR) is 285 cm³/mol. The van der Waals surface area contributed by atoms with E-state index in [4.69, 9.17) is 49.1 Å². The van der Waals surface area contributed by atoms with Gasteiger partial charge in [0.1, 0.15) is 0 Å². The van der Waals surface area contributed by atoms with Gasteiger partial charge in [0.15, 0.2) is 33.3 Å². The van der Waals surface area contributed by atoms with Crippen molar-refractivity contribution in [3.05, 3.63) is 71.8 Å². The number of aromatic carboxylic acids is 1. The second-order valence-electron chi connectivity index (χ2n) is 21.2. The SMILES string of the molecule is C[Si](C)(C)O[Si](C)(C)O[Si](C)(CCCOCCCO)O[Si](C)(C)C.C[Si](C)(C)O[Si](C)(C)O[Si](C)(CCCOCCCOC(=O)c1ccccc1)O[Si](C)(C)C.O=C(O)c1ccccc1. The van der Waals surface area contributed by atoms with E-state index >= 15 is 0 Å². The summed E-state index contributed by atoms with van der Waals surface area (Å²) in [4.78, 5) is 22.1. The summed E-state index contributed by atoms with van der Waals surface area (Å²) in [7, 11) is -15.9. The Balaban J connectivity index is 0.00000108. The Kier molecular flexibility index (Phi) is 29.1. The molecule has 2 aromatic carbocycles. The number of rotatable bonds is 29. The summed E-state index contributed by atoms with van der Waals surface area (Å²) in [5.74, 6) is -1.17. The van der Waals surface area contributed by atoms with Crippen molar-refractivity contribution in [3.8, 4) is 0 Å². The first kappa shape index (κ1) is 63.8. The van der Waals surface area contributed by atoms with Crippen LogP contribution in [0, 0.1) is 0 Å². The normalized spacial score (nSPS) is 14.5. The highest BCUT2D eigenvalue weighted by Gasteiger charge is 2.45. The molecule has 0 aliphatic carbocycles. The van der Waals surface area contributed by atoms with Crippen LogP contribution < -0.4 is 0 Å². The number of aliphatic hydroxyl groups is 1. The zero-order valence-corrected chi connectivity index (χ0v) is 51.6. The predicted octanol–water partition coefficient (Wildman–Crippen LogP) is 11.8. The van der Waals surface area contributed by atoms with Gasteiger partial charge in [-0.2, -0.15) is 0 Å². The number of carbonyl (C=O) groups is 2. The summed E-state index contributed by atoms with van der Waals surface area (Å²) in [5, 5.41) is 17.2. The van der Waals surface area contributed by atoms with Crippen LogP contribution >= 0.6 is 0 Å². The van der Waals surface area contributed by atoms with E-state index in [2.05, 4.69) is 118 Å². The Morgan fingerprint density at radius 1 is 0.431 bits per heavy atom. The Hall–Kier alpha value is -1.24. The Morgan fingerprint density at radius 3 is 1.09 bits per heavy atom. The summed E-state index contributed by atoms with van der Waals surface area (Å²) < 4.78 is 55.8. The van der Waals surface area contributed by atoms with Gasteiger partial charge in [-0.1, -0.05) is 36.4 Å². The molecular weight excluding hydrogens is 961 g/mol. The summed E-state index contributed by atoms with van der Waals surface area (Å²) in [6, 6.07) is 19.1. The number of carbonyl (C=O) groups excluding carboxylic acids is 1. The lowest BCUT2D eigenvalue weighted by Gasteiger charge is -2.41. The smallest absolute Gasteiger partial charge is 0.338 e. The molecule has 0 aromatic heterocycles. The number of benzene rings is 2. The summed E-state index contributed by atoms with van der Waals surface area (Å²) in [6.07, 6.45) is 3.18. The Bertz CT molecular complexity index is 1600. The second-order valence-corrected chi connectivity index (χ2v) is 54.1. The van der Waals surface area contributed by atoms with Gasteiger partial charge in [0, 0.05) is 39.5 Å². The van der Waals surface area contributed by atoms with Crippen molar-refractivity contribution >= 4 is 79.5 Å². The zero-order valence-electron chi connectivity index (χ0n) is 43.6. The maximum Gasteiger partial charge on any atom is 0.338 e. The number of esters is 1. The molecule has 376 valence electrons. The minimum absolute atomic E-state index is 0.183. The summed E-state index contributed by atoms with van der Waals surface area (Å²) in [5.41, 5.74) is 0.905. The van der Waals surface area contributed by atoms with Gasteiger partial charge in [-0.25, -0.2) is 9.59 Å². The Morgan fingerprint density at radius 2 is 0.769 bits per heavy atom. The maximum atomic E-state index is 11.9. The molecule has 0 heterocycles. The molecule has 2 atom stereocenters. The average Bonchev–Trinajstić information content (AvgIpc) is 3.11. The molecule has 0 aliphatic heterocycles. The third-order valence-corrected chi connectivity index (χ3v) is 35.1. The number of hydrogen-bond acceptors (Lipinski definition) is 12. The van der Waals surface area contributed by atoms with Crippen LogP contribution in [-0.4, -0.2) is 129 Å². The molecule has 2 aromatic rings. The van der Waals surface area contributed by atoms with Crippen molar-refractivity contribution in [1.82, 2.24) is 0 Å². The van der Waals surface area contributed by atoms with E-state index in [1.807, 2.05) is 18.2 Å². The summed E-state index contributed by atoms with van der Waals surface area (Å²) in [6.45, 7) is 42.5. The highest BCUT2D eigenvalue weighted by Crippen LogP contribution is 2.29. The van der Waals surface area contributed by atoms with Crippen molar-refractivity contribution in [2.75, 3.05) is 39.6 Å². The van der Waals surface area contributed by atoms with Crippen LogP contribution in [0.4, 0.5) is 0 Å². The third-order valence-electron chi connectivity index (χ3n) is 8.05. The molecule has 0 spiro atoms. The fourth-order valence-electron chi connectivity index (χ4n) is 7.02. The lowest BCUT2D eigenvalue weighted by Crippen LogP contribution is -2.56. The highest BCUT2D eigenvalue weighted by atomic mass is 28.5. The number of aliphatic hydroxyl groups excluding tert-OH is 1. The number of ether oxygens (including phenoxy) is 3. The van der Waals surface area contributed by atoms with E-state index in [0.29, 0.717) is 57.0 Å². The van der Waals surface area contributed by atoms with E-state index in [1.165, 1.54) is 0 Å². The largest absolute Gasteiger partial charge is 0.478 e. The van der Waals surface area contributed by atoms with Crippen molar-refractivity contribution in [2.24, 2.45) is 0 Å². The average molecular weight is 1050 g/mol. The maximum absolute atomic E-state index is 11.9. The monoisotopic (exact) mass is 1050 g/mol. The zero-order chi connectivity index (χ0) is 50.2. The fraction of sp³-hybridized carbons (Fsp3) is 0.682. The van der Waals surface area contributed by atoms with Gasteiger partial charge in [-0.05, 0) is 173 Å². The first-order chi connectivity index (χ1) is 29.6. The fourth-order valence-corrected chi connectivity index (χ4v) is 42.9. The van der Waals surface area contributed by atoms with Gasteiger partial charge in [-0.15, -0.1) is 0 Å². The lowest BCUT2D eigenvalue weighted by atomic mass is 10.2. The molecular formula is C44H90O13Si8. The Labute approximate surface area is 403 Å². The van der Waals surface area contributed by atoms with Crippen LogP contribution in [0.5, 0.6) is 0 Å². The first-order valence-corrected chi connectivity index (χ1v) is 47.4. The van der Waals surface area contributed by atoms with E-state index in [1.54, 1.807) is 42.5 Å². The standard InChI is InChI=1S/C22H44O6Si4.C15H40O5Si4.C7H6O2/c1-29(2,3)26-31(7,8)28-32(9,27-30(4,5)6)20-14-18-24-17-13-19-25-22(23)21-15-11-10-12-16-21;1-21(2,3)18-23(7,8)20-24(9,19-22(4,5)6)15-11-14-17-13-10-12-16;8-7(9)6-4-2-1-3-5-6/h10-12,15-16H,13-14,17-20H2,1-9H3;16H,10-15H2,1-9H3;1-5H,(H,8,9). The number of carboxylic acid groups (broad SMARTS) is 1. The second kappa shape index (κ2) is 29.7. The quantitative estimate of drug-likeness (QED) is 0.0451. The van der Waals surface area contributed by atoms with E-state index < -0.39 is 73.5 Å². The van der Waals surface area contributed by atoms with Crippen LogP contribution in [0.3, 0.4) is 0 Å². The number of hydrogen-bond donors (Lipinski definition) is 2. The highest BCUT2D eigenvalue weighted by molar-refractivity contribution is 6.90. The van der Waals surface area contributed by atoms with Crippen LogP contribution in [-0.2, 0) is 38.9 Å². The van der Waals surface area contributed by atoms with Crippen molar-refractivity contribution < 1.29 is 58.7 Å². The van der Waals surface area contributed by atoms with E-state index in [9.17, 15) is 9.59 Å². The molecule has 65 heavy (non-hydrogen) atoms. The molecule has 0 fully saturated rings. The molecule has 0 radical (unpaired) electrons. The third kappa shape index (κ3) is 36.4. The molecule has 2 unspecified atom stereocenters. The topological polar surface area (TPSA) is 158 Å². The summed E-state index contributed by atoms with van der Waals surface area (Å²) >= 11 is 0. The molecule has 0 amide bonds. The van der Waals surface area contributed by atoms with Crippen molar-refractivity contribution in [3.63, 3.8) is 0 Å². The van der Waals surface area contributed by atoms with Gasteiger partial charge in [0.25, 0.3) is 0 Å². The van der Waals surface area contributed by atoms with Gasteiger partial charge >= 0.3 is 46.2 Å². The minimum Gasteiger partial charge on any atom is -0.478 e. The molecule has 13 nitrogen and oxygen atoms in total. The molecule has 21 heteroatoms. The number of carboxylic acids is 1. The van der Waals surface area contributed by atoms with Crippen molar-refractivity contribution in [1.29, 1.82) is 0 Å². The molecule has 0 saturated heterocycles. The van der Waals surface area contributed by atoms with Crippen LogP contribution in [0.1, 0.15) is 46.4 Å².